The Bertz CT molecular complexity index is 1420. The number of halogens is 3. The van der Waals surface area contributed by atoms with Crippen molar-refractivity contribution in [2.75, 3.05) is 24.3 Å². The highest BCUT2D eigenvalue weighted by Gasteiger charge is 2.36. The summed E-state index contributed by atoms with van der Waals surface area (Å²) in [6.07, 6.45) is -1.25. The van der Waals surface area contributed by atoms with Crippen LogP contribution in [0.5, 0.6) is 0 Å². The van der Waals surface area contributed by atoms with Gasteiger partial charge in [-0.3, -0.25) is 4.79 Å². The molecule has 2 heterocycles. The average Bonchev–Trinajstić information content (AvgIpc) is 3.38. The largest absolute Gasteiger partial charge is 0.420 e. The number of aromatic nitrogens is 4. The lowest BCUT2D eigenvalue weighted by atomic mass is 9.97. The van der Waals surface area contributed by atoms with E-state index in [1.54, 1.807) is 12.1 Å². The number of amides is 1. The Morgan fingerprint density at radius 3 is 2.46 bits per heavy atom. The third-order valence-corrected chi connectivity index (χ3v) is 5.12. The zero-order valence-corrected chi connectivity index (χ0v) is 18.6. The maximum atomic E-state index is 13.6. The lowest BCUT2D eigenvalue weighted by Gasteiger charge is -2.18. The molecule has 2 aromatic carbocycles. The van der Waals surface area contributed by atoms with Crippen LogP contribution in [0.4, 0.5) is 24.5 Å². The van der Waals surface area contributed by atoms with E-state index in [-0.39, 0.29) is 16.8 Å². The average molecular weight is 477 g/mol. The zero-order chi connectivity index (χ0) is 25.2. The van der Waals surface area contributed by atoms with Gasteiger partial charge in [-0.15, -0.1) is 4.80 Å². The standard InChI is InChI=1S/C24H18F3N7O/c1-33(2)21-6-4-3-5-18(21)15-7-8-19(16(11-15)13-28)23(35)32-17-12-20(24(25,26)27)22(29-14-17)34-30-9-10-31-34/h3-12,14H,1-2H3,(H,32,35). The molecule has 176 valence electrons. The molecule has 4 rings (SSSR count). The van der Waals surface area contributed by atoms with Gasteiger partial charge in [0.05, 0.1) is 41.5 Å². The summed E-state index contributed by atoms with van der Waals surface area (Å²) < 4.78 is 40.9. The topological polar surface area (TPSA) is 99.7 Å². The Morgan fingerprint density at radius 1 is 1.09 bits per heavy atom. The number of carbonyl (C=O) groups is 1. The van der Waals surface area contributed by atoms with Crippen molar-refractivity contribution in [3.63, 3.8) is 0 Å². The van der Waals surface area contributed by atoms with Crippen molar-refractivity contribution in [3.8, 4) is 23.0 Å². The summed E-state index contributed by atoms with van der Waals surface area (Å²) in [6, 6.07) is 15.0. The number of carbonyl (C=O) groups excluding carboxylic acids is 1. The number of hydrogen-bond donors (Lipinski definition) is 1. The molecule has 0 spiro atoms. The molecule has 35 heavy (non-hydrogen) atoms. The van der Waals surface area contributed by atoms with Gasteiger partial charge >= 0.3 is 6.18 Å². The molecule has 0 aliphatic rings. The fourth-order valence-electron chi connectivity index (χ4n) is 3.53. The summed E-state index contributed by atoms with van der Waals surface area (Å²) in [5.41, 5.74) is 1.29. The van der Waals surface area contributed by atoms with Crippen LogP contribution in [0.3, 0.4) is 0 Å². The monoisotopic (exact) mass is 477 g/mol. The number of hydrogen-bond acceptors (Lipinski definition) is 6. The van der Waals surface area contributed by atoms with E-state index in [9.17, 15) is 23.2 Å². The molecule has 4 aromatic rings. The van der Waals surface area contributed by atoms with E-state index in [1.165, 1.54) is 18.5 Å². The summed E-state index contributed by atoms with van der Waals surface area (Å²) in [7, 11) is 3.78. The Kier molecular flexibility index (Phi) is 6.20. The summed E-state index contributed by atoms with van der Waals surface area (Å²) in [6.45, 7) is 0. The summed E-state index contributed by atoms with van der Waals surface area (Å²) >= 11 is 0. The van der Waals surface area contributed by atoms with Crippen LogP contribution >= 0.6 is 0 Å². The highest BCUT2D eigenvalue weighted by molar-refractivity contribution is 6.06. The minimum absolute atomic E-state index is 0.0185. The minimum Gasteiger partial charge on any atom is -0.377 e. The van der Waals surface area contributed by atoms with Gasteiger partial charge in [0, 0.05) is 25.3 Å². The smallest absolute Gasteiger partial charge is 0.377 e. The first-order chi connectivity index (χ1) is 16.7. The maximum Gasteiger partial charge on any atom is 0.420 e. The Labute approximate surface area is 198 Å². The van der Waals surface area contributed by atoms with Gasteiger partial charge in [0.25, 0.3) is 5.91 Å². The molecule has 0 atom stereocenters. The molecule has 8 nitrogen and oxygen atoms in total. The van der Waals surface area contributed by atoms with Crippen LogP contribution in [0.15, 0.2) is 67.1 Å². The highest BCUT2D eigenvalue weighted by Crippen LogP contribution is 2.34. The third-order valence-electron chi connectivity index (χ3n) is 5.12. The minimum atomic E-state index is -4.77. The van der Waals surface area contributed by atoms with Crippen LogP contribution in [0.2, 0.25) is 0 Å². The number of benzene rings is 2. The van der Waals surface area contributed by atoms with Crippen molar-refractivity contribution < 1.29 is 18.0 Å². The molecular formula is C24H18F3N7O. The predicted octanol–water partition coefficient (Wildman–Crippen LogP) is 4.54. The molecule has 0 radical (unpaired) electrons. The SMILES string of the molecule is CN(C)c1ccccc1-c1ccc(C(=O)Nc2cnc(-n3nccn3)c(C(F)(F)F)c2)c(C#N)c1. The normalized spacial score (nSPS) is 11.1. The second-order valence-corrected chi connectivity index (χ2v) is 7.65. The second-order valence-electron chi connectivity index (χ2n) is 7.65. The summed E-state index contributed by atoms with van der Waals surface area (Å²) in [5, 5.41) is 19.4. The summed E-state index contributed by atoms with van der Waals surface area (Å²) in [4.78, 5) is 19.3. The quantitative estimate of drug-likeness (QED) is 0.453. The zero-order valence-electron chi connectivity index (χ0n) is 18.6. The van der Waals surface area contributed by atoms with Crippen LogP contribution < -0.4 is 10.2 Å². The number of pyridine rings is 1. The molecule has 0 aliphatic carbocycles. The number of para-hydroxylation sites is 1. The van der Waals surface area contributed by atoms with Crippen LogP contribution in [-0.2, 0) is 6.18 Å². The molecular weight excluding hydrogens is 459 g/mol. The molecule has 1 amide bonds. The molecule has 0 saturated heterocycles. The van der Waals surface area contributed by atoms with Crippen molar-refractivity contribution in [2.24, 2.45) is 0 Å². The number of nitrogens with one attached hydrogen (secondary N) is 1. The van der Waals surface area contributed by atoms with Crippen LogP contribution in [0, 0.1) is 11.3 Å². The first-order valence-corrected chi connectivity index (χ1v) is 10.2. The van der Waals surface area contributed by atoms with Crippen LogP contribution in [0.1, 0.15) is 21.5 Å². The molecule has 0 saturated carbocycles. The molecule has 2 aromatic heterocycles. The number of anilines is 2. The molecule has 11 heteroatoms. The Morgan fingerprint density at radius 2 is 1.80 bits per heavy atom. The van der Waals surface area contributed by atoms with E-state index in [2.05, 4.69) is 20.5 Å². The van der Waals surface area contributed by atoms with Gasteiger partial charge in [-0.25, -0.2) is 4.98 Å². The first kappa shape index (κ1) is 23.4. The fourth-order valence-corrected chi connectivity index (χ4v) is 3.53. The lowest BCUT2D eigenvalue weighted by molar-refractivity contribution is -0.137. The molecule has 0 bridgehead atoms. The van der Waals surface area contributed by atoms with Crippen LogP contribution in [-0.4, -0.2) is 40.0 Å². The van der Waals surface area contributed by atoms with Crippen molar-refractivity contribution in [1.82, 2.24) is 20.0 Å². The number of nitrogens with zero attached hydrogens (tertiary/aromatic N) is 6. The molecule has 1 N–H and O–H groups in total. The van der Waals surface area contributed by atoms with E-state index < -0.39 is 23.5 Å². The molecule has 0 aliphatic heterocycles. The van der Waals surface area contributed by atoms with Gasteiger partial charge in [0.2, 0.25) is 0 Å². The van der Waals surface area contributed by atoms with Crippen molar-refractivity contribution in [1.29, 1.82) is 5.26 Å². The molecule has 0 fully saturated rings. The number of rotatable bonds is 5. The predicted molar refractivity (Wildman–Crippen MR) is 123 cm³/mol. The van der Waals surface area contributed by atoms with Gasteiger partial charge in [-0.05, 0) is 29.8 Å². The van der Waals surface area contributed by atoms with E-state index in [0.29, 0.717) is 0 Å². The summed E-state index contributed by atoms with van der Waals surface area (Å²) in [5.74, 6) is -1.27. The Hall–Kier alpha value is -4.72. The first-order valence-electron chi connectivity index (χ1n) is 10.2. The van der Waals surface area contributed by atoms with E-state index in [1.807, 2.05) is 49.3 Å². The Balaban J connectivity index is 1.66. The molecule has 0 unspecified atom stereocenters. The van der Waals surface area contributed by atoms with Gasteiger partial charge < -0.3 is 10.2 Å². The van der Waals surface area contributed by atoms with Gasteiger partial charge in [0.15, 0.2) is 5.82 Å². The van der Waals surface area contributed by atoms with Gasteiger partial charge in [0.1, 0.15) is 5.56 Å². The fraction of sp³-hybridized carbons (Fsp3) is 0.125. The van der Waals surface area contributed by atoms with Crippen molar-refractivity contribution in [2.45, 2.75) is 6.18 Å². The lowest BCUT2D eigenvalue weighted by Crippen LogP contribution is -2.18. The van der Waals surface area contributed by atoms with Crippen molar-refractivity contribution in [3.05, 3.63) is 83.8 Å². The third kappa shape index (κ3) is 4.81. The van der Waals surface area contributed by atoms with Crippen LogP contribution in [0.25, 0.3) is 16.9 Å². The highest BCUT2D eigenvalue weighted by atomic mass is 19.4. The van der Waals surface area contributed by atoms with Gasteiger partial charge in [-0.2, -0.15) is 28.6 Å². The van der Waals surface area contributed by atoms with E-state index >= 15 is 0 Å². The number of alkyl halides is 3. The van der Waals surface area contributed by atoms with Gasteiger partial charge in [-0.1, -0.05) is 24.3 Å². The number of nitriles is 1. The maximum absolute atomic E-state index is 13.6. The van der Waals surface area contributed by atoms with Crippen molar-refractivity contribution >= 4 is 17.3 Å². The van der Waals surface area contributed by atoms with E-state index in [0.717, 1.165) is 33.9 Å². The van der Waals surface area contributed by atoms with E-state index in [4.69, 9.17) is 0 Å². The second kappa shape index (κ2) is 9.26.